The van der Waals surface area contributed by atoms with E-state index in [2.05, 4.69) is 0 Å². The number of anilines is 1. The average Bonchev–Trinajstić information content (AvgIpc) is 3.20. The van der Waals surface area contributed by atoms with E-state index in [0.29, 0.717) is 19.6 Å². The Morgan fingerprint density at radius 2 is 2.04 bits per heavy atom. The SMILES string of the molecule is CCOC1CC(N)(C(=O)N2CC3(CCCC3)c3c(F)cccc32)C1(C)C. The van der Waals surface area contributed by atoms with E-state index in [1.807, 2.05) is 26.8 Å². The van der Waals surface area contributed by atoms with Crippen LogP contribution in [-0.2, 0) is 14.9 Å². The molecular formula is C21H29FN2O2. The van der Waals surface area contributed by atoms with Crippen molar-refractivity contribution in [2.75, 3.05) is 18.1 Å². The van der Waals surface area contributed by atoms with Crippen molar-refractivity contribution in [2.45, 2.75) is 69.9 Å². The third-order valence-electron chi connectivity index (χ3n) is 7.29. The van der Waals surface area contributed by atoms with Crippen LogP contribution in [0.1, 0.15) is 58.4 Å². The molecule has 26 heavy (non-hydrogen) atoms. The van der Waals surface area contributed by atoms with Gasteiger partial charge in [0.05, 0.1) is 11.8 Å². The van der Waals surface area contributed by atoms with Gasteiger partial charge in [0.25, 0.3) is 0 Å². The molecule has 1 amide bonds. The maximum atomic E-state index is 14.7. The fourth-order valence-corrected chi connectivity index (χ4v) is 5.41. The van der Waals surface area contributed by atoms with Crippen LogP contribution >= 0.6 is 0 Å². The fraction of sp³-hybridized carbons (Fsp3) is 0.667. The van der Waals surface area contributed by atoms with Crippen LogP contribution in [0.3, 0.4) is 0 Å². The van der Waals surface area contributed by atoms with Gasteiger partial charge in [-0.3, -0.25) is 4.79 Å². The van der Waals surface area contributed by atoms with Gasteiger partial charge in [-0.25, -0.2) is 4.39 Å². The van der Waals surface area contributed by atoms with Crippen molar-refractivity contribution < 1.29 is 13.9 Å². The summed E-state index contributed by atoms with van der Waals surface area (Å²) in [5, 5.41) is 0. The average molecular weight is 360 g/mol. The van der Waals surface area contributed by atoms with Crippen molar-refractivity contribution in [3.05, 3.63) is 29.6 Å². The summed E-state index contributed by atoms with van der Waals surface area (Å²) in [5.41, 5.74) is 6.44. The number of amides is 1. The van der Waals surface area contributed by atoms with Gasteiger partial charge in [-0.05, 0) is 31.9 Å². The van der Waals surface area contributed by atoms with Crippen LogP contribution in [0, 0.1) is 11.2 Å². The van der Waals surface area contributed by atoms with E-state index < -0.39 is 11.0 Å². The highest BCUT2D eigenvalue weighted by Gasteiger charge is 2.65. The van der Waals surface area contributed by atoms with Gasteiger partial charge in [0.2, 0.25) is 5.91 Å². The van der Waals surface area contributed by atoms with Gasteiger partial charge >= 0.3 is 0 Å². The summed E-state index contributed by atoms with van der Waals surface area (Å²) in [7, 11) is 0. The first-order chi connectivity index (χ1) is 12.3. The number of carbonyl (C=O) groups excluding carboxylic acids is 1. The minimum atomic E-state index is -0.972. The Hall–Kier alpha value is -1.46. The molecule has 0 bridgehead atoms. The van der Waals surface area contributed by atoms with Gasteiger partial charge in [0.15, 0.2) is 0 Å². The molecule has 1 aliphatic heterocycles. The molecule has 0 radical (unpaired) electrons. The van der Waals surface area contributed by atoms with Crippen LogP contribution in [-0.4, -0.2) is 30.7 Å². The van der Waals surface area contributed by atoms with Crippen molar-refractivity contribution in [1.82, 2.24) is 0 Å². The molecule has 1 aromatic carbocycles. The predicted octanol–water partition coefficient (Wildman–Crippen LogP) is 3.52. The normalized spacial score (nSPS) is 31.1. The standard InChI is InChI=1S/C21H29FN2O2/c1-4-26-16-12-21(23,19(16,2)3)18(25)24-13-20(10-5-6-11-20)17-14(22)8-7-9-15(17)24/h7-9,16H,4-6,10-13,23H2,1-3H3. The third-order valence-corrected chi connectivity index (χ3v) is 7.29. The number of carbonyl (C=O) groups is 1. The lowest BCUT2D eigenvalue weighted by molar-refractivity contribution is -0.168. The van der Waals surface area contributed by atoms with Crippen molar-refractivity contribution in [1.29, 1.82) is 0 Å². The Balaban J connectivity index is 1.70. The molecule has 3 aliphatic rings. The summed E-state index contributed by atoms with van der Waals surface area (Å²) in [6, 6.07) is 5.09. The van der Waals surface area contributed by atoms with Gasteiger partial charge in [-0.1, -0.05) is 32.8 Å². The Morgan fingerprint density at radius 3 is 2.65 bits per heavy atom. The van der Waals surface area contributed by atoms with E-state index in [1.165, 1.54) is 6.07 Å². The van der Waals surface area contributed by atoms with E-state index in [4.69, 9.17) is 10.5 Å². The zero-order chi connectivity index (χ0) is 18.7. The van der Waals surface area contributed by atoms with Crippen LogP contribution < -0.4 is 10.6 Å². The third kappa shape index (κ3) is 2.16. The molecular weight excluding hydrogens is 331 g/mol. The highest BCUT2D eigenvalue weighted by Crippen LogP contribution is 2.55. The van der Waals surface area contributed by atoms with Gasteiger partial charge in [-0.2, -0.15) is 0 Å². The Labute approximate surface area is 154 Å². The molecule has 1 heterocycles. The lowest BCUT2D eigenvalue weighted by atomic mass is 9.54. The number of hydrogen-bond acceptors (Lipinski definition) is 3. The minimum Gasteiger partial charge on any atom is -0.378 e. The molecule has 0 saturated heterocycles. The first-order valence-corrected chi connectivity index (χ1v) is 9.78. The molecule has 142 valence electrons. The Morgan fingerprint density at radius 1 is 1.35 bits per heavy atom. The first-order valence-electron chi connectivity index (χ1n) is 9.78. The summed E-state index contributed by atoms with van der Waals surface area (Å²) < 4.78 is 20.5. The summed E-state index contributed by atoms with van der Waals surface area (Å²) in [6.07, 6.45) is 4.54. The molecule has 2 atom stereocenters. The van der Waals surface area contributed by atoms with Gasteiger partial charge in [0.1, 0.15) is 11.4 Å². The fourth-order valence-electron chi connectivity index (χ4n) is 5.41. The zero-order valence-corrected chi connectivity index (χ0v) is 16.0. The van der Waals surface area contributed by atoms with Crippen molar-refractivity contribution in [2.24, 2.45) is 11.1 Å². The smallest absolute Gasteiger partial charge is 0.247 e. The number of ether oxygens (including phenoxy) is 1. The van der Waals surface area contributed by atoms with Crippen LogP contribution in [0.5, 0.6) is 0 Å². The molecule has 2 aliphatic carbocycles. The number of halogens is 1. The zero-order valence-electron chi connectivity index (χ0n) is 16.0. The largest absolute Gasteiger partial charge is 0.378 e. The maximum absolute atomic E-state index is 14.7. The molecule has 2 saturated carbocycles. The highest BCUT2D eigenvalue weighted by atomic mass is 19.1. The second-order valence-corrected chi connectivity index (χ2v) is 8.85. The summed E-state index contributed by atoms with van der Waals surface area (Å²) in [4.78, 5) is 15.3. The van der Waals surface area contributed by atoms with Crippen LogP contribution in [0.25, 0.3) is 0 Å². The van der Waals surface area contributed by atoms with E-state index in [-0.39, 0.29) is 23.2 Å². The number of nitrogens with zero attached hydrogens (tertiary/aromatic N) is 1. The summed E-state index contributed by atoms with van der Waals surface area (Å²) >= 11 is 0. The van der Waals surface area contributed by atoms with Crippen molar-refractivity contribution in [3.8, 4) is 0 Å². The minimum absolute atomic E-state index is 0.0172. The Kier molecular flexibility index (Phi) is 3.98. The van der Waals surface area contributed by atoms with Crippen molar-refractivity contribution in [3.63, 3.8) is 0 Å². The van der Waals surface area contributed by atoms with E-state index in [9.17, 15) is 9.18 Å². The van der Waals surface area contributed by atoms with Crippen LogP contribution in [0.4, 0.5) is 10.1 Å². The molecule has 2 unspecified atom stereocenters. The van der Waals surface area contributed by atoms with Gasteiger partial charge in [-0.15, -0.1) is 0 Å². The molecule has 4 nitrogen and oxygen atoms in total. The number of rotatable bonds is 3. The topological polar surface area (TPSA) is 55.6 Å². The highest BCUT2D eigenvalue weighted by molar-refractivity contribution is 6.04. The second kappa shape index (κ2) is 5.77. The number of fused-ring (bicyclic) bond motifs is 2. The molecule has 2 N–H and O–H groups in total. The van der Waals surface area contributed by atoms with E-state index >= 15 is 0 Å². The molecule has 1 spiro atoms. The summed E-state index contributed by atoms with van der Waals surface area (Å²) in [5.74, 6) is -0.278. The maximum Gasteiger partial charge on any atom is 0.247 e. The first kappa shape index (κ1) is 17.9. The lowest BCUT2D eigenvalue weighted by Gasteiger charge is -2.58. The Bertz CT molecular complexity index is 742. The molecule has 4 rings (SSSR count). The van der Waals surface area contributed by atoms with Gasteiger partial charge < -0.3 is 15.4 Å². The van der Waals surface area contributed by atoms with Gasteiger partial charge in [0, 0.05) is 36.0 Å². The molecule has 2 fully saturated rings. The van der Waals surface area contributed by atoms with Crippen molar-refractivity contribution >= 4 is 11.6 Å². The predicted molar refractivity (Wildman–Crippen MR) is 99.6 cm³/mol. The van der Waals surface area contributed by atoms with E-state index in [0.717, 1.165) is 36.9 Å². The molecule has 1 aromatic rings. The number of hydrogen-bond donors (Lipinski definition) is 1. The van der Waals surface area contributed by atoms with E-state index in [1.54, 1.807) is 11.0 Å². The monoisotopic (exact) mass is 360 g/mol. The van der Waals surface area contributed by atoms with Crippen LogP contribution in [0.15, 0.2) is 18.2 Å². The second-order valence-electron chi connectivity index (χ2n) is 8.85. The quantitative estimate of drug-likeness (QED) is 0.897. The lowest BCUT2D eigenvalue weighted by Crippen LogP contribution is -2.76. The number of benzene rings is 1. The number of nitrogens with two attached hydrogens (primary N) is 1. The summed E-state index contributed by atoms with van der Waals surface area (Å²) in [6.45, 7) is 7.12. The van der Waals surface area contributed by atoms with Crippen LogP contribution in [0.2, 0.25) is 0 Å². The molecule has 5 heteroatoms. The molecule has 0 aromatic heterocycles.